The normalized spacial score (nSPS) is 29.6. The third-order valence-corrected chi connectivity index (χ3v) is 6.17. The number of rotatable bonds is 1. The van der Waals surface area contributed by atoms with Crippen LogP contribution in [0.25, 0.3) is 0 Å². The van der Waals surface area contributed by atoms with Crippen molar-refractivity contribution in [2.24, 2.45) is 5.41 Å². The SMILES string of the molecule is C=S(C)(=O)N1CCC2(CCN(C(C)(C)C)C2)CC1. The molecule has 106 valence electrons. The Labute approximate surface area is 113 Å². The van der Waals surface area contributed by atoms with Gasteiger partial charge in [-0.05, 0) is 57.9 Å². The molecule has 0 amide bonds. The molecule has 0 bridgehead atoms. The highest BCUT2D eigenvalue weighted by molar-refractivity contribution is 7.97. The summed E-state index contributed by atoms with van der Waals surface area (Å²) in [7, 11) is -1.99. The lowest BCUT2D eigenvalue weighted by atomic mass is 9.78. The van der Waals surface area contributed by atoms with Gasteiger partial charge in [-0.2, -0.15) is 0 Å². The highest BCUT2D eigenvalue weighted by Crippen LogP contribution is 2.42. The van der Waals surface area contributed by atoms with Crippen LogP contribution in [0.4, 0.5) is 0 Å². The summed E-state index contributed by atoms with van der Waals surface area (Å²) in [6, 6.07) is 0. The third kappa shape index (κ3) is 2.91. The van der Waals surface area contributed by atoms with Crippen molar-refractivity contribution in [3.05, 3.63) is 0 Å². The van der Waals surface area contributed by atoms with Gasteiger partial charge in [0.2, 0.25) is 0 Å². The van der Waals surface area contributed by atoms with E-state index in [2.05, 4.69) is 35.8 Å². The fraction of sp³-hybridized carbons (Fsp3) is 0.929. The van der Waals surface area contributed by atoms with Crippen LogP contribution in [-0.4, -0.2) is 57.3 Å². The summed E-state index contributed by atoms with van der Waals surface area (Å²) in [6.45, 7) is 11.2. The van der Waals surface area contributed by atoms with E-state index in [1.807, 2.05) is 0 Å². The first-order valence-electron chi connectivity index (χ1n) is 6.95. The molecule has 0 aromatic heterocycles. The summed E-state index contributed by atoms with van der Waals surface area (Å²) < 4.78 is 14.1. The predicted octanol–water partition coefficient (Wildman–Crippen LogP) is 1.83. The average molecular weight is 272 g/mol. The molecule has 2 fully saturated rings. The van der Waals surface area contributed by atoms with E-state index in [-0.39, 0.29) is 5.54 Å². The topological polar surface area (TPSA) is 23.6 Å². The minimum atomic E-state index is -1.99. The molecule has 2 saturated heterocycles. The van der Waals surface area contributed by atoms with E-state index in [1.165, 1.54) is 32.4 Å². The van der Waals surface area contributed by atoms with Crippen LogP contribution < -0.4 is 0 Å². The minimum Gasteiger partial charge on any atom is -0.298 e. The molecule has 4 heteroatoms. The van der Waals surface area contributed by atoms with E-state index in [4.69, 9.17) is 0 Å². The molecule has 2 aliphatic rings. The molecule has 18 heavy (non-hydrogen) atoms. The maximum Gasteiger partial charge on any atom is 0.0245 e. The molecule has 3 nitrogen and oxygen atoms in total. The predicted molar refractivity (Wildman–Crippen MR) is 80.4 cm³/mol. The van der Waals surface area contributed by atoms with Crippen molar-refractivity contribution in [2.45, 2.75) is 45.6 Å². The van der Waals surface area contributed by atoms with Gasteiger partial charge in [-0.1, -0.05) is 0 Å². The second kappa shape index (κ2) is 4.50. The lowest BCUT2D eigenvalue weighted by Gasteiger charge is -2.41. The maximum atomic E-state index is 12.0. The monoisotopic (exact) mass is 272 g/mol. The second-order valence-electron chi connectivity index (χ2n) is 7.23. The van der Waals surface area contributed by atoms with Crippen molar-refractivity contribution in [2.75, 3.05) is 32.4 Å². The Kier molecular flexibility index (Phi) is 3.58. The Morgan fingerprint density at radius 3 is 2.00 bits per heavy atom. The number of piperidine rings is 1. The first-order chi connectivity index (χ1) is 8.12. The fourth-order valence-corrected chi connectivity index (χ4v) is 4.22. The van der Waals surface area contributed by atoms with Crippen LogP contribution >= 0.6 is 0 Å². The van der Waals surface area contributed by atoms with Crippen molar-refractivity contribution in [3.63, 3.8) is 0 Å². The number of hydrogen-bond acceptors (Lipinski definition) is 2. The molecule has 1 atom stereocenters. The molecule has 2 rings (SSSR count). The first-order valence-corrected chi connectivity index (χ1v) is 9.04. The van der Waals surface area contributed by atoms with Crippen molar-refractivity contribution in [1.29, 1.82) is 0 Å². The van der Waals surface area contributed by atoms with Crippen LogP contribution in [0.3, 0.4) is 0 Å². The lowest BCUT2D eigenvalue weighted by Crippen LogP contribution is -2.46. The molecule has 1 unspecified atom stereocenters. The molecule has 2 heterocycles. The Bertz CT molecular complexity index is 400. The van der Waals surface area contributed by atoms with Crippen molar-refractivity contribution < 1.29 is 4.21 Å². The molecule has 0 aromatic carbocycles. The number of likely N-dealkylation sites (tertiary alicyclic amines) is 1. The van der Waals surface area contributed by atoms with Gasteiger partial charge < -0.3 is 0 Å². The van der Waals surface area contributed by atoms with Crippen molar-refractivity contribution >= 4 is 15.6 Å². The van der Waals surface area contributed by atoms with Gasteiger partial charge in [0.25, 0.3) is 0 Å². The summed E-state index contributed by atoms with van der Waals surface area (Å²) in [5.74, 6) is 3.81. The van der Waals surface area contributed by atoms with Gasteiger partial charge in [-0.15, -0.1) is 0 Å². The van der Waals surface area contributed by atoms with Gasteiger partial charge in [0.15, 0.2) is 0 Å². The average Bonchev–Trinajstić information content (AvgIpc) is 2.61. The van der Waals surface area contributed by atoms with E-state index < -0.39 is 9.71 Å². The lowest BCUT2D eigenvalue weighted by molar-refractivity contribution is 0.116. The van der Waals surface area contributed by atoms with Crippen molar-refractivity contribution in [1.82, 2.24) is 9.21 Å². The van der Waals surface area contributed by atoms with Gasteiger partial charge in [0.05, 0.1) is 0 Å². The molecule has 2 aliphatic heterocycles. The highest BCUT2D eigenvalue weighted by atomic mass is 32.2. The van der Waals surface area contributed by atoms with Gasteiger partial charge in [0.1, 0.15) is 0 Å². The van der Waals surface area contributed by atoms with E-state index >= 15 is 0 Å². The zero-order valence-corrected chi connectivity index (χ0v) is 13.2. The van der Waals surface area contributed by atoms with Crippen LogP contribution in [0, 0.1) is 5.41 Å². The second-order valence-corrected chi connectivity index (χ2v) is 9.67. The molecular formula is C14H28N2OS. The molecule has 0 saturated carbocycles. The van der Waals surface area contributed by atoms with Crippen LogP contribution in [0.5, 0.6) is 0 Å². The maximum absolute atomic E-state index is 12.0. The summed E-state index contributed by atoms with van der Waals surface area (Å²) in [6.07, 6.45) is 5.43. The summed E-state index contributed by atoms with van der Waals surface area (Å²) in [5.41, 5.74) is 0.764. The molecule has 0 N–H and O–H groups in total. The van der Waals surface area contributed by atoms with Gasteiger partial charge in [-0.3, -0.25) is 9.11 Å². The third-order valence-electron chi connectivity index (χ3n) is 4.72. The smallest absolute Gasteiger partial charge is 0.0245 e. The largest absolute Gasteiger partial charge is 0.298 e. The Hall–Kier alpha value is -0.0600. The molecule has 0 aromatic rings. The van der Waals surface area contributed by atoms with E-state index in [9.17, 15) is 4.21 Å². The van der Waals surface area contributed by atoms with E-state index in [0.29, 0.717) is 5.41 Å². The van der Waals surface area contributed by atoms with Crippen LogP contribution in [-0.2, 0) is 9.71 Å². The summed E-state index contributed by atoms with van der Waals surface area (Å²) in [5, 5.41) is 0. The first kappa shape index (κ1) is 14.4. The molecule has 1 spiro atoms. The highest BCUT2D eigenvalue weighted by Gasteiger charge is 2.43. The van der Waals surface area contributed by atoms with Crippen LogP contribution in [0.15, 0.2) is 0 Å². The van der Waals surface area contributed by atoms with Gasteiger partial charge in [-0.25, -0.2) is 4.31 Å². The summed E-state index contributed by atoms with van der Waals surface area (Å²) >= 11 is 0. The van der Waals surface area contributed by atoms with Gasteiger partial charge >= 0.3 is 0 Å². The quantitative estimate of drug-likeness (QED) is 0.680. The number of hydrogen-bond donors (Lipinski definition) is 0. The van der Waals surface area contributed by atoms with Gasteiger partial charge in [0, 0.05) is 41.1 Å². The zero-order chi connectivity index (χ0) is 13.6. The Morgan fingerprint density at radius 2 is 1.61 bits per heavy atom. The van der Waals surface area contributed by atoms with Crippen LogP contribution in [0.1, 0.15) is 40.0 Å². The standard InChI is InChI=1S/C14H28N2OS/c1-13(2,3)15-9-6-14(12-15)7-10-16(11-8-14)18(4,5)17/h4,6-12H2,1-3,5H3. The minimum absolute atomic E-state index is 0.283. The zero-order valence-electron chi connectivity index (χ0n) is 12.4. The fourth-order valence-electron chi connectivity index (χ4n) is 3.26. The van der Waals surface area contributed by atoms with E-state index in [0.717, 1.165) is 13.1 Å². The van der Waals surface area contributed by atoms with Crippen molar-refractivity contribution in [3.8, 4) is 0 Å². The molecular weight excluding hydrogens is 244 g/mol. The Balaban J connectivity index is 1.98. The summed E-state index contributed by atoms with van der Waals surface area (Å²) in [4.78, 5) is 2.61. The van der Waals surface area contributed by atoms with E-state index in [1.54, 1.807) is 6.26 Å². The molecule has 0 radical (unpaired) electrons. The Morgan fingerprint density at radius 1 is 1.11 bits per heavy atom. The molecule has 0 aliphatic carbocycles. The number of nitrogens with zero attached hydrogens (tertiary/aromatic N) is 2. The van der Waals surface area contributed by atoms with Crippen LogP contribution in [0.2, 0.25) is 0 Å².